The number of nitrogens with zero attached hydrogens (tertiary/aromatic N) is 1. The quantitative estimate of drug-likeness (QED) is 0.794. The van der Waals surface area contributed by atoms with Crippen LogP contribution in [-0.2, 0) is 11.0 Å². The van der Waals surface area contributed by atoms with E-state index >= 15 is 0 Å². The van der Waals surface area contributed by atoms with E-state index in [2.05, 4.69) is 4.40 Å². The molecule has 0 unspecified atom stereocenters. The second kappa shape index (κ2) is 5.61. The average Bonchev–Trinajstić information content (AvgIpc) is 2.28. The molecule has 0 saturated heterocycles. The fourth-order valence-corrected chi connectivity index (χ4v) is 1.81. The molecule has 0 N–H and O–H groups in total. The zero-order valence-electron chi connectivity index (χ0n) is 13.8. The maximum atomic E-state index is 13.4. The van der Waals surface area contributed by atoms with Gasteiger partial charge in [-0.25, -0.2) is 8.60 Å². The minimum absolute atomic E-state index is 0.0245. The summed E-state index contributed by atoms with van der Waals surface area (Å²) in [6, 6.07) is 3.43. The molecule has 3 nitrogen and oxygen atoms in total. The van der Waals surface area contributed by atoms with E-state index in [1.54, 1.807) is 20.8 Å². The second-order valence-corrected chi connectivity index (χ2v) is 6.69. The number of hydrogen-bond acceptors (Lipinski definition) is 2. The molecule has 100 valence electrons. The highest BCUT2D eigenvalue weighted by Gasteiger charge is 2.20. The fraction of sp³-hybridized carbons (Fsp3) is 0.462. The predicted octanol–water partition coefficient (Wildman–Crippen LogP) is 3.11. The molecule has 0 aliphatic rings. The zero-order chi connectivity index (χ0) is 16.4. The van der Waals surface area contributed by atoms with Gasteiger partial charge >= 0.3 is 0 Å². The van der Waals surface area contributed by atoms with Crippen molar-refractivity contribution in [3.63, 3.8) is 0 Å². The van der Waals surface area contributed by atoms with Crippen LogP contribution in [0.15, 0.2) is 22.6 Å². The summed E-state index contributed by atoms with van der Waals surface area (Å²) in [6.45, 7) is 6.80. The van der Waals surface area contributed by atoms with E-state index in [1.165, 1.54) is 13.0 Å². The van der Waals surface area contributed by atoms with Crippen LogP contribution in [0.3, 0.4) is 0 Å². The first-order valence-electron chi connectivity index (χ1n) is 6.86. The van der Waals surface area contributed by atoms with E-state index in [0.717, 1.165) is 12.1 Å². The Hall–Kier alpha value is -1.23. The molecule has 0 spiro atoms. The van der Waals surface area contributed by atoms with Crippen molar-refractivity contribution in [3.05, 3.63) is 29.6 Å². The van der Waals surface area contributed by atoms with Gasteiger partial charge in [-0.3, -0.25) is 0 Å². The number of hydrogen-bond donors (Lipinski definition) is 0. The first-order chi connectivity index (χ1) is 9.40. The van der Waals surface area contributed by atoms with Crippen molar-refractivity contribution in [3.8, 4) is 5.75 Å². The van der Waals surface area contributed by atoms with Crippen molar-refractivity contribution in [2.45, 2.75) is 32.4 Å². The van der Waals surface area contributed by atoms with Crippen molar-refractivity contribution in [2.75, 3.05) is 7.04 Å². The molecule has 0 aromatic heterocycles. The molecule has 0 fully saturated rings. The number of halogens is 1. The summed E-state index contributed by atoms with van der Waals surface area (Å²) in [5.74, 6) is -0.581. The molecule has 0 bridgehead atoms. The number of rotatable bonds is 3. The molecule has 18 heavy (non-hydrogen) atoms. The standard InChI is InChI=1S/C13H18FNO2S/c1-9(15-18(16)13(2,3)4)11-8-10(14)6-7-12(11)17-5/h6-8H,1-5H3/b15-9+/t18-/m0/s1/i5D3. The average molecular weight is 274 g/mol. The van der Waals surface area contributed by atoms with E-state index in [9.17, 15) is 8.60 Å². The molecule has 0 aliphatic carbocycles. The van der Waals surface area contributed by atoms with Gasteiger partial charge in [0.15, 0.2) is 0 Å². The fourth-order valence-electron chi connectivity index (χ4n) is 1.18. The van der Waals surface area contributed by atoms with Gasteiger partial charge in [-0.05, 0) is 45.9 Å². The molecule has 0 saturated carbocycles. The number of ether oxygens (including phenoxy) is 1. The topological polar surface area (TPSA) is 38.7 Å². The molecule has 1 aromatic rings. The summed E-state index contributed by atoms with van der Waals surface area (Å²) >= 11 is 0. The molecule has 1 aromatic carbocycles. The Bertz CT molecular complexity index is 580. The SMILES string of the molecule is [2H]C([2H])([2H])Oc1ccc(F)cc1/C(C)=N/[S@@](=O)C(C)(C)C. The zero-order valence-corrected chi connectivity index (χ0v) is 11.6. The van der Waals surface area contributed by atoms with Crippen LogP contribution in [0.4, 0.5) is 4.39 Å². The van der Waals surface area contributed by atoms with Gasteiger partial charge in [-0.2, -0.15) is 4.40 Å². The summed E-state index contributed by atoms with van der Waals surface area (Å²) in [6.07, 6.45) is 0. The smallest absolute Gasteiger partial charge is 0.145 e. The Morgan fingerprint density at radius 3 is 2.72 bits per heavy atom. The van der Waals surface area contributed by atoms with E-state index in [0.29, 0.717) is 0 Å². The molecule has 1 rings (SSSR count). The molecule has 0 heterocycles. The van der Waals surface area contributed by atoms with Gasteiger partial charge in [0.1, 0.15) is 22.6 Å². The molecule has 0 aliphatic heterocycles. The van der Waals surface area contributed by atoms with E-state index in [1.807, 2.05) is 0 Å². The van der Waals surface area contributed by atoms with E-state index < -0.39 is 28.6 Å². The number of methoxy groups -OCH3 is 1. The van der Waals surface area contributed by atoms with Crippen LogP contribution >= 0.6 is 0 Å². The molecule has 1 atom stereocenters. The third kappa shape index (κ3) is 3.63. The molecule has 0 radical (unpaired) electrons. The summed E-state index contributed by atoms with van der Waals surface area (Å²) < 4.78 is 55.0. The predicted molar refractivity (Wildman–Crippen MR) is 73.1 cm³/mol. The van der Waals surface area contributed by atoms with Crippen LogP contribution in [0.1, 0.15) is 37.4 Å². The van der Waals surface area contributed by atoms with Gasteiger partial charge in [-0.15, -0.1) is 0 Å². The van der Waals surface area contributed by atoms with Gasteiger partial charge in [0.2, 0.25) is 0 Å². The minimum atomic E-state index is -2.66. The van der Waals surface area contributed by atoms with Crippen molar-refractivity contribution in [1.82, 2.24) is 0 Å². The first kappa shape index (κ1) is 10.7. The van der Waals surface area contributed by atoms with Gasteiger partial charge in [0.05, 0.1) is 21.6 Å². The molecule has 0 amide bonds. The minimum Gasteiger partial charge on any atom is -0.496 e. The van der Waals surface area contributed by atoms with Gasteiger partial charge < -0.3 is 4.74 Å². The summed E-state index contributed by atoms with van der Waals surface area (Å²) in [5, 5.41) is 0. The lowest BCUT2D eigenvalue weighted by molar-refractivity contribution is 0.413. The lowest BCUT2D eigenvalue weighted by atomic mass is 10.1. The highest BCUT2D eigenvalue weighted by molar-refractivity contribution is 7.85. The van der Waals surface area contributed by atoms with Gasteiger partial charge in [-0.1, -0.05) is 0 Å². The van der Waals surface area contributed by atoms with E-state index in [-0.39, 0.29) is 17.0 Å². The maximum absolute atomic E-state index is 13.4. The maximum Gasteiger partial charge on any atom is 0.145 e. The van der Waals surface area contributed by atoms with Crippen LogP contribution in [0.25, 0.3) is 0 Å². The Kier molecular flexibility index (Phi) is 3.32. The Labute approximate surface area is 114 Å². The van der Waals surface area contributed by atoms with Crippen LogP contribution < -0.4 is 4.74 Å². The Morgan fingerprint density at radius 1 is 1.50 bits per heavy atom. The Balaban J connectivity index is 3.25. The molecule has 5 heteroatoms. The molecular weight excluding hydrogens is 253 g/mol. The van der Waals surface area contributed by atoms with Crippen LogP contribution in [0.5, 0.6) is 5.75 Å². The lowest BCUT2D eigenvalue weighted by Gasteiger charge is -2.15. The first-order valence-corrected chi connectivity index (χ1v) is 6.47. The van der Waals surface area contributed by atoms with Crippen LogP contribution in [0.2, 0.25) is 0 Å². The van der Waals surface area contributed by atoms with Crippen LogP contribution in [0, 0.1) is 5.82 Å². The van der Waals surface area contributed by atoms with Crippen molar-refractivity contribution in [1.29, 1.82) is 0 Å². The highest BCUT2D eigenvalue weighted by Crippen LogP contribution is 2.21. The van der Waals surface area contributed by atoms with E-state index in [4.69, 9.17) is 8.85 Å². The summed E-state index contributed by atoms with van der Waals surface area (Å²) in [5.41, 5.74) is 0.422. The highest BCUT2D eigenvalue weighted by atomic mass is 32.2. The van der Waals surface area contributed by atoms with Crippen LogP contribution in [-0.4, -0.2) is 21.7 Å². The third-order valence-electron chi connectivity index (χ3n) is 2.19. The van der Waals surface area contributed by atoms with Crippen molar-refractivity contribution >= 4 is 16.7 Å². The third-order valence-corrected chi connectivity index (χ3v) is 3.67. The lowest BCUT2D eigenvalue weighted by Crippen LogP contribution is -2.20. The van der Waals surface area contributed by atoms with Gasteiger partial charge in [0, 0.05) is 5.56 Å². The summed E-state index contributed by atoms with van der Waals surface area (Å²) in [4.78, 5) is 0. The Morgan fingerprint density at radius 2 is 2.17 bits per heavy atom. The van der Waals surface area contributed by atoms with Crippen molar-refractivity contribution in [2.24, 2.45) is 4.40 Å². The second-order valence-electron chi connectivity index (χ2n) is 4.78. The van der Waals surface area contributed by atoms with Crippen molar-refractivity contribution < 1.29 is 17.4 Å². The number of benzene rings is 1. The summed E-state index contributed by atoms with van der Waals surface area (Å²) in [7, 11) is -4.19. The normalized spacial score (nSPS) is 17.6. The monoisotopic (exact) mass is 274 g/mol. The van der Waals surface area contributed by atoms with Gasteiger partial charge in [0.25, 0.3) is 0 Å². The largest absolute Gasteiger partial charge is 0.496 e. The molecular formula is C13H18FNO2S.